The van der Waals surface area contributed by atoms with Crippen LogP contribution < -0.4 is 17.0 Å². The number of rotatable bonds is 8. The summed E-state index contributed by atoms with van der Waals surface area (Å²) in [7, 11) is 3.17. The highest BCUT2D eigenvalue weighted by molar-refractivity contribution is 6.01. The first-order valence-electron chi connectivity index (χ1n) is 10.2. The molecule has 0 atom stereocenters. The average Bonchev–Trinajstić information content (AvgIpc) is 2.76. The van der Waals surface area contributed by atoms with Gasteiger partial charge in [-0.3, -0.25) is 23.6 Å². The Morgan fingerprint density at radius 3 is 2.19 bits per heavy atom. The Balaban J connectivity index is 1.85. The molecule has 3 aromatic rings. The smallest absolute Gasteiger partial charge is 0.332 e. The van der Waals surface area contributed by atoms with Crippen LogP contribution in [0.1, 0.15) is 34.0 Å². The summed E-state index contributed by atoms with van der Waals surface area (Å²) in [5.74, 6) is -0.504. The van der Waals surface area contributed by atoms with Gasteiger partial charge in [-0.15, -0.1) is 0 Å². The molecule has 31 heavy (non-hydrogen) atoms. The number of hydrogen-bond donors (Lipinski definition) is 1. The molecule has 0 aliphatic rings. The van der Waals surface area contributed by atoms with E-state index in [0.717, 1.165) is 22.1 Å². The molecular formula is C24H28N4O3. The maximum absolute atomic E-state index is 13.0. The Hall–Kier alpha value is -3.45. The molecule has 0 fully saturated rings. The lowest BCUT2D eigenvalue weighted by Gasteiger charge is -2.18. The van der Waals surface area contributed by atoms with Gasteiger partial charge in [0, 0.05) is 13.6 Å². The van der Waals surface area contributed by atoms with Crippen LogP contribution in [0.2, 0.25) is 0 Å². The summed E-state index contributed by atoms with van der Waals surface area (Å²) in [6.45, 7) is 2.85. The Kier molecular flexibility index (Phi) is 6.87. The molecule has 2 aromatic carbocycles. The van der Waals surface area contributed by atoms with Gasteiger partial charge in [-0.1, -0.05) is 61.5 Å². The van der Waals surface area contributed by atoms with Gasteiger partial charge in [-0.25, -0.2) is 4.79 Å². The lowest BCUT2D eigenvalue weighted by molar-refractivity contribution is 0.0941. The van der Waals surface area contributed by atoms with Crippen LogP contribution >= 0.6 is 0 Å². The molecule has 0 saturated carbocycles. The van der Waals surface area contributed by atoms with Crippen LogP contribution in [0.5, 0.6) is 0 Å². The largest absolute Gasteiger partial charge is 0.384 e. The fourth-order valence-corrected chi connectivity index (χ4v) is 3.54. The first-order chi connectivity index (χ1) is 14.8. The highest BCUT2D eigenvalue weighted by Gasteiger charge is 2.22. The quantitative estimate of drug-likeness (QED) is 0.564. The fourth-order valence-electron chi connectivity index (χ4n) is 3.54. The van der Waals surface area contributed by atoms with Crippen molar-refractivity contribution in [1.29, 1.82) is 0 Å². The third-order valence-electron chi connectivity index (χ3n) is 5.34. The zero-order valence-corrected chi connectivity index (χ0v) is 18.2. The molecule has 0 amide bonds. The first-order valence-corrected chi connectivity index (χ1v) is 10.2. The van der Waals surface area contributed by atoms with Crippen LogP contribution in [0.15, 0.2) is 64.2 Å². The van der Waals surface area contributed by atoms with Gasteiger partial charge in [-0.05, 0) is 30.2 Å². The second-order valence-electron chi connectivity index (χ2n) is 7.74. The Labute approximate surface area is 181 Å². The number of Topliss-reactive ketones (excluding diaryl/α,β-unsaturated/α-hetero) is 1. The lowest BCUT2D eigenvalue weighted by atomic mass is 10.1. The molecule has 0 radical (unpaired) electrons. The minimum atomic E-state index is -0.669. The normalized spacial score (nSPS) is 11.1. The molecule has 1 aromatic heterocycles. The molecule has 162 valence electrons. The van der Waals surface area contributed by atoms with E-state index in [4.69, 9.17) is 5.73 Å². The number of carbonyl (C=O) groups is 1. The molecule has 7 heteroatoms. The summed E-state index contributed by atoms with van der Waals surface area (Å²) in [5.41, 5.74) is 7.98. The van der Waals surface area contributed by atoms with Crippen molar-refractivity contribution in [2.24, 2.45) is 7.05 Å². The highest BCUT2D eigenvalue weighted by atomic mass is 16.2. The fraction of sp³-hybridized carbons (Fsp3) is 0.292. The molecule has 3 rings (SSSR count). The molecule has 0 saturated heterocycles. The SMILES string of the molecule is CCc1ccc(CN(C)CC(=O)c2c(N)n(Cc3ccccc3)c(=O)n(C)c2=O)cc1. The minimum absolute atomic E-state index is 0.0124. The summed E-state index contributed by atoms with van der Waals surface area (Å²) in [5, 5.41) is 0. The van der Waals surface area contributed by atoms with E-state index in [-0.39, 0.29) is 24.5 Å². The van der Waals surface area contributed by atoms with E-state index in [1.54, 1.807) is 0 Å². The molecule has 0 aliphatic heterocycles. The molecule has 1 heterocycles. The van der Waals surface area contributed by atoms with Gasteiger partial charge < -0.3 is 5.73 Å². The predicted molar refractivity (Wildman–Crippen MR) is 122 cm³/mol. The number of ketones is 1. The van der Waals surface area contributed by atoms with E-state index in [9.17, 15) is 14.4 Å². The number of nitrogens with zero attached hydrogens (tertiary/aromatic N) is 3. The topological polar surface area (TPSA) is 90.3 Å². The number of aromatic nitrogens is 2. The summed E-state index contributed by atoms with van der Waals surface area (Å²) < 4.78 is 2.21. The van der Waals surface area contributed by atoms with Crippen molar-refractivity contribution in [3.8, 4) is 0 Å². The van der Waals surface area contributed by atoms with E-state index in [1.807, 2.05) is 54.4 Å². The molecule has 0 aliphatic carbocycles. The van der Waals surface area contributed by atoms with E-state index in [1.165, 1.54) is 17.2 Å². The van der Waals surface area contributed by atoms with Gasteiger partial charge in [-0.2, -0.15) is 0 Å². The van der Waals surface area contributed by atoms with Crippen molar-refractivity contribution >= 4 is 11.6 Å². The Bertz CT molecular complexity index is 1180. The van der Waals surface area contributed by atoms with Crippen LogP contribution in [-0.2, 0) is 26.6 Å². The first kappa shape index (κ1) is 22.2. The third-order valence-corrected chi connectivity index (χ3v) is 5.34. The summed E-state index contributed by atoms with van der Waals surface area (Å²) in [4.78, 5) is 40.2. The van der Waals surface area contributed by atoms with Crippen LogP contribution in [0.3, 0.4) is 0 Å². The van der Waals surface area contributed by atoms with Crippen molar-refractivity contribution in [2.75, 3.05) is 19.3 Å². The van der Waals surface area contributed by atoms with Crippen LogP contribution in [0.4, 0.5) is 5.82 Å². The van der Waals surface area contributed by atoms with E-state index < -0.39 is 17.0 Å². The van der Waals surface area contributed by atoms with Crippen LogP contribution in [0, 0.1) is 0 Å². The summed E-state index contributed by atoms with van der Waals surface area (Å²) in [6, 6.07) is 17.5. The lowest BCUT2D eigenvalue weighted by Crippen LogP contribution is -2.44. The molecule has 2 N–H and O–H groups in total. The number of aryl methyl sites for hydroxylation is 1. The third kappa shape index (κ3) is 5.00. The van der Waals surface area contributed by atoms with Gasteiger partial charge in [0.2, 0.25) is 0 Å². The van der Waals surface area contributed by atoms with Gasteiger partial charge in [0.15, 0.2) is 5.78 Å². The van der Waals surface area contributed by atoms with Crippen molar-refractivity contribution in [3.63, 3.8) is 0 Å². The second kappa shape index (κ2) is 9.57. The summed E-state index contributed by atoms with van der Waals surface area (Å²) in [6.07, 6.45) is 0.968. The highest BCUT2D eigenvalue weighted by Crippen LogP contribution is 2.11. The van der Waals surface area contributed by atoms with Crippen molar-refractivity contribution in [1.82, 2.24) is 14.0 Å². The van der Waals surface area contributed by atoms with Gasteiger partial charge in [0.1, 0.15) is 11.4 Å². The van der Waals surface area contributed by atoms with E-state index >= 15 is 0 Å². The predicted octanol–water partition coefficient (Wildman–Crippen LogP) is 2.05. The van der Waals surface area contributed by atoms with Gasteiger partial charge in [0.05, 0.1) is 13.1 Å². The van der Waals surface area contributed by atoms with Crippen LogP contribution in [-0.4, -0.2) is 33.4 Å². The minimum Gasteiger partial charge on any atom is -0.384 e. The maximum atomic E-state index is 13.0. The number of likely N-dealkylation sites (N-methyl/N-ethyl adjacent to an activating group) is 1. The van der Waals surface area contributed by atoms with Gasteiger partial charge >= 0.3 is 5.69 Å². The molecule has 0 spiro atoms. The number of nitrogen functional groups attached to an aromatic ring is 1. The zero-order valence-electron chi connectivity index (χ0n) is 18.2. The second-order valence-corrected chi connectivity index (χ2v) is 7.74. The van der Waals surface area contributed by atoms with Crippen molar-refractivity contribution in [3.05, 3.63) is 97.7 Å². The molecule has 0 unspecified atom stereocenters. The van der Waals surface area contributed by atoms with Crippen molar-refractivity contribution < 1.29 is 4.79 Å². The van der Waals surface area contributed by atoms with Crippen molar-refractivity contribution in [2.45, 2.75) is 26.4 Å². The molecule has 7 nitrogen and oxygen atoms in total. The number of carbonyl (C=O) groups excluding carboxylic acids is 1. The number of hydrogen-bond acceptors (Lipinski definition) is 5. The van der Waals surface area contributed by atoms with E-state index in [2.05, 4.69) is 19.1 Å². The monoisotopic (exact) mass is 420 g/mol. The number of anilines is 1. The molecule has 0 bridgehead atoms. The Morgan fingerprint density at radius 2 is 1.58 bits per heavy atom. The van der Waals surface area contributed by atoms with E-state index in [0.29, 0.717) is 6.54 Å². The average molecular weight is 421 g/mol. The number of nitrogens with two attached hydrogens (primary N) is 1. The standard InChI is InChI=1S/C24H28N4O3/c1-4-17-10-12-19(13-11-17)14-26(2)16-20(29)21-22(25)28(24(31)27(3)23(21)30)15-18-8-6-5-7-9-18/h5-13H,4,14-16,25H2,1-3H3. The Morgan fingerprint density at radius 1 is 0.968 bits per heavy atom. The maximum Gasteiger partial charge on any atom is 0.332 e. The summed E-state index contributed by atoms with van der Waals surface area (Å²) >= 11 is 0. The zero-order chi connectivity index (χ0) is 22.5. The number of benzene rings is 2. The van der Waals surface area contributed by atoms with Gasteiger partial charge in [0.25, 0.3) is 5.56 Å². The van der Waals surface area contributed by atoms with Crippen LogP contribution in [0.25, 0.3) is 0 Å². The molecular weight excluding hydrogens is 392 g/mol.